The zero-order valence-corrected chi connectivity index (χ0v) is 17.5. The number of carbonyl (C=O) groups is 1. The first-order valence-electron chi connectivity index (χ1n) is 11.0. The summed E-state index contributed by atoms with van der Waals surface area (Å²) in [6.07, 6.45) is 1.90. The molecule has 0 unspecified atom stereocenters. The van der Waals surface area contributed by atoms with E-state index in [1.165, 1.54) is 23.3 Å². The number of carbonyl (C=O) groups excluding carboxylic acids is 1. The van der Waals surface area contributed by atoms with Crippen molar-refractivity contribution in [3.05, 3.63) is 71.0 Å². The third kappa shape index (κ3) is 5.58. The summed E-state index contributed by atoms with van der Waals surface area (Å²) in [5, 5.41) is 3.09. The summed E-state index contributed by atoms with van der Waals surface area (Å²) in [6.45, 7) is 8.23. The lowest BCUT2D eigenvalue weighted by atomic mass is 10.0. The SMILES string of the molecule is O=C(NCCCN1CCN(Cc2ccc(F)cc2)CC1)N1CCc2ccccc2C1. The lowest BCUT2D eigenvalue weighted by Gasteiger charge is -2.34. The number of fused-ring (bicyclic) bond motifs is 1. The van der Waals surface area contributed by atoms with E-state index < -0.39 is 0 Å². The number of nitrogens with one attached hydrogen (secondary N) is 1. The summed E-state index contributed by atoms with van der Waals surface area (Å²) < 4.78 is 13.0. The highest BCUT2D eigenvalue weighted by molar-refractivity contribution is 5.74. The van der Waals surface area contributed by atoms with Crippen LogP contribution in [0.3, 0.4) is 0 Å². The summed E-state index contributed by atoms with van der Waals surface area (Å²) in [5.41, 5.74) is 3.78. The number of amides is 2. The van der Waals surface area contributed by atoms with Crippen molar-refractivity contribution in [2.75, 3.05) is 45.8 Å². The standard InChI is InChI=1S/C24H31FN4O/c25-23-8-6-20(7-9-23)18-28-16-14-27(15-17-28)12-3-11-26-24(30)29-13-10-21-4-1-2-5-22(21)19-29/h1-2,4-9H,3,10-19H2,(H,26,30). The smallest absolute Gasteiger partial charge is 0.317 e. The quantitative estimate of drug-likeness (QED) is 0.744. The molecule has 1 fully saturated rings. The van der Waals surface area contributed by atoms with E-state index >= 15 is 0 Å². The zero-order chi connectivity index (χ0) is 20.8. The molecule has 2 aliphatic rings. The highest BCUT2D eigenvalue weighted by atomic mass is 19.1. The molecule has 0 saturated carbocycles. The molecule has 1 saturated heterocycles. The molecule has 0 atom stereocenters. The van der Waals surface area contributed by atoms with Crippen LogP contribution in [0.4, 0.5) is 9.18 Å². The van der Waals surface area contributed by atoms with E-state index in [4.69, 9.17) is 0 Å². The second-order valence-corrected chi connectivity index (χ2v) is 8.27. The predicted molar refractivity (Wildman–Crippen MR) is 117 cm³/mol. The third-order valence-corrected chi connectivity index (χ3v) is 6.13. The summed E-state index contributed by atoms with van der Waals surface area (Å²) in [5.74, 6) is -0.180. The van der Waals surface area contributed by atoms with Gasteiger partial charge in [-0.2, -0.15) is 0 Å². The summed E-state index contributed by atoms with van der Waals surface area (Å²) >= 11 is 0. The normalized spacial score (nSPS) is 17.6. The van der Waals surface area contributed by atoms with Crippen molar-refractivity contribution in [1.29, 1.82) is 0 Å². The van der Waals surface area contributed by atoms with Gasteiger partial charge in [-0.1, -0.05) is 36.4 Å². The molecular weight excluding hydrogens is 379 g/mol. The second kappa shape index (κ2) is 10.0. The van der Waals surface area contributed by atoms with Crippen molar-refractivity contribution in [2.45, 2.75) is 25.9 Å². The Balaban J connectivity index is 1.11. The maximum Gasteiger partial charge on any atom is 0.317 e. The Morgan fingerprint density at radius 2 is 1.60 bits per heavy atom. The van der Waals surface area contributed by atoms with Gasteiger partial charge in [0.15, 0.2) is 0 Å². The molecule has 4 rings (SSSR count). The Bertz CT molecular complexity index is 833. The molecule has 0 radical (unpaired) electrons. The Kier molecular flexibility index (Phi) is 6.97. The molecule has 1 N–H and O–H groups in total. The Labute approximate surface area is 178 Å². The van der Waals surface area contributed by atoms with E-state index in [0.29, 0.717) is 13.1 Å². The summed E-state index contributed by atoms with van der Waals surface area (Å²) in [4.78, 5) is 19.3. The molecule has 2 heterocycles. The first kappa shape index (κ1) is 20.8. The van der Waals surface area contributed by atoms with Gasteiger partial charge in [0.1, 0.15) is 5.82 Å². The Morgan fingerprint density at radius 1 is 0.900 bits per heavy atom. The average Bonchev–Trinajstić information content (AvgIpc) is 2.79. The minimum atomic E-state index is -0.180. The van der Waals surface area contributed by atoms with Crippen LogP contribution in [0.5, 0.6) is 0 Å². The lowest BCUT2D eigenvalue weighted by Crippen LogP contribution is -2.47. The molecule has 30 heavy (non-hydrogen) atoms. The fourth-order valence-corrected chi connectivity index (χ4v) is 4.30. The number of hydrogen-bond donors (Lipinski definition) is 1. The van der Waals surface area contributed by atoms with Crippen LogP contribution < -0.4 is 5.32 Å². The molecule has 0 spiro atoms. The highest BCUT2D eigenvalue weighted by Gasteiger charge is 2.20. The van der Waals surface area contributed by atoms with E-state index in [1.54, 1.807) is 0 Å². The van der Waals surface area contributed by atoms with Crippen LogP contribution in [-0.2, 0) is 19.5 Å². The van der Waals surface area contributed by atoms with Gasteiger partial charge < -0.3 is 15.1 Å². The number of benzene rings is 2. The van der Waals surface area contributed by atoms with Crippen LogP contribution in [-0.4, -0.2) is 66.5 Å². The Morgan fingerprint density at radius 3 is 2.37 bits per heavy atom. The van der Waals surface area contributed by atoms with Gasteiger partial charge in [0.05, 0.1) is 0 Å². The molecular formula is C24H31FN4O. The van der Waals surface area contributed by atoms with Crippen LogP contribution in [0.25, 0.3) is 0 Å². The summed E-state index contributed by atoms with van der Waals surface area (Å²) in [7, 11) is 0. The van der Waals surface area contributed by atoms with Crippen LogP contribution in [0.2, 0.25) is 0 Å². The van der Waals surface area contributed by atoms with E-state index in [2.05, 4.69) is 33.3 Å². The van der Waals surface area contributed by atoms with Crippen LogP contribution in [0, 0.1) is 5.82 Å². The predicted octanol–water partition coefficient (Wildman–Crippen LogP) is 3.10. The van der Waals surface area contributed by atoms with Crippen molar-refractivity contribution in [3.8, 4) is 0 Å². The number of halogens is 1. The highest BCUT2D eigenvalue weighted by Crippen LogP contribution is 2.18. The van der Waals surface area contributed by atoms with Crippen molar-refractivity contribution in [3.63, 3.8) is 0 Å². The topological polar surface area (TPSA) is 38.8 Å². The molecule has 0 aromatic heterocycles. The van der Waals surface area contributed by atoms with E-state index in [0.717, 1.165) is 64.2 Å². The van der Waals surface area contributed by atoms with Crippen molar-refractivity contribution < 1.29 is 9.18 Å². The molecule has 0 aliphatic carbocycles. The molecule has 0 bridgehead atoms. The van der Waals surface area contributed by atoms with Gasteiger partial charge in [0, 0.05) is 52.4 Å². The molecule has 2 aliphatic heterocycles. The number of urea groups is 1. The van der Waals surface area contributed by atoms with E-state index in [-0.39, 0.29) is 11.8 Å². The molecule has 6 heteroatoms. The van der Waals surface area contributed by atoms with Crippen molar-refractivity contribution >= 4 is 6.03 Å². The van der Waals surface area contributed by atoms with Gasteiger partial charge in [0.2, 0.25) is 0 Å². The van der Waals surface area contributed by atoms with E-state index in [9.17, 15) is 9.18 Å². The van der Waals surface area contributed by atoms with Crippen LogP contribution in [0.15, 0.2) is 48.5 Å². The van der Waals surface area contributed by atoms with E-state index in [1.807, 2.05) is 23.1 Å². The fraction of sp³-hybridized carbons (Fsp3) is 0.458. The molecule has 2 aromatic rings. The zero-order valence-electron chi connectivity index (χ0n) is 17.5. The number of nitrogens with zero attached hydrogens (tertiary/aromatic N) is 3. The van der Waals surface area contributed by atoms with Crippen LogP contribution >= 0.6 is 0 Å². The minimum Gasteiger partial charge on any atom is -0.338 e. The van der Waals surface area contributed by atoms with Gasteiger partial charge in [-0.15, -0.1) is 0 Å². The number of rotatable bonds is 6. The largest absolute Gasteiger partial charge is 0.338 e. The van der Waals surface area contributed by atoms with Gasteiger partial charge >= 0.3 is 6.03 Å². The van der Waals surface area contributed by atoms with Gasteiger partial charge in [-0.05, 0) is 48.2 Å². The lowest BCUT2D eigenvalue weighted by molar-refractivity contribution is 0.126. The van der Waals surface area contributed by atoms with Gasteiger partial charge in [-0.3, -0.25) is 4.90 Å². The summed E-state index contributed by atoms with van der Waals surface area (Å²) in [6, 6.07) is 15.2. The number of piperazine rings is 1. The second-order valence-electron chi connectivity index (χ2n) is 8.27. The van der Waals surface area contributed by atoms with Crippen LogP contribution in [0.1, 0.15) is 23.1 Å². The average molecular weight is 411 g/mol. The Hall–Kier alpha value is -2.44. The first-order chi connectivity index (χ1) is 14.7. The maximum absolute atomic E-state index is 13.0. The van der Waals surface area contributed by atoms with Crippen molar-refractivity contribution in [2.24, 2.45) is 0 Å². The molecule has 2 aromatic carbocycles. The molecule has 160 valence electrons. The molecule has 5 nitrogen and oxygen atoms in total. The van der Waals surface area contributed by atoms with Crippen molar-refractivity contribution in [1.82, 2.24) is 20.0 Å². The van der Waals surface area contributed by atoms with Gasteiger partial charge in [-0.25, -0.2) is 9.18 Å². The maximum atomic E-state index is 13.0. The van der Waals surface area contributed by atoms with Gasteiger partial charge in [0.25, 0.3) is 0 Å². The molecule has 2 amide bonds. The minimum absolute atomic E-state index is 0.0496. The first-order valence-corrected chi connectivity index (χ1v) is 11.0. The monoisotopic (exact) mass is 410 g/mol. The number of hydrogen-bond acceptors (Lipinski definition) is 3. The third-order valence-electron chi connectivity index (χ3n) is 6.13. The fourth-order valence-electron chi connectivity index (χ4n) is 4.30.